The molecule has 3 aromatic rings. The highest BCUT2D eigenvalue weighted by molar-refractivity contribution is 5.73. The smallest absolute Gasteiger partial charge is 0.271 e. The molecular formula is C17H18N4O2. The molecule has 6 nitrogen and oxygen atoms in total. The van der Waals surface area contributed by atoms with E-state index in [1.165, 1.54) is 0 Å². The van der Waals surface area contributed by atoms with Crippen LogP contribution in [0.15, 0.2) is 39.6 Å². The van der Waals surface area contributed by atoms with Gasteiger partial charge in [0, 0.05) is 12.6 Å². The van der Waals surface area contributed by atoms with Gasteiger partial charge in [-0.1, -0.05) is 17.3 Å². The van der Waals surface area contributed by atoms with E-state index in [1.807, 2.05) is 37.3 Å². The Morgan fingerprint density at radius 3 is 3.09 bits per heavy atom. The third-order valence-corrected chi connectivity index (χ3v) is 4.37. The molecule has 1 N–H and O–H groups in total. The summed E-state index contributed by atoms with van der Waals surface area (Å²) in [7, 11) is 0. The van der Waals surface area contributed by atoms with Gasteiger partial charge in [-0.15, -0.1) is 0 Å². The zero-order chi connectivity index (χ0) is 15.8. The van der Waals surface area contributed by atoms with Crippen LogP contribution in [0.4, 0.5) is 0 Å². The van der Waals surface area contributed by atoms with Gasteiger partial charge in [0.1, 0.15) is 17.1 Å². The van der Waals surface area contributed by atoms with Crippen molar-refractivity contribution in [1.82, 2.24) is 20.0 Å². The van der Waals surface area contributed by atoms with Gasteiger partial charge in [0.2, 0.25) is 0 Å². The van der Waals surface area contributed by atoms with Gasteiger partial charge in [-0.3, -0.25) is 9.69 Å². The Hall–Kier alpha value is -2.47. The van der Waals surface area contributed by atoms with Crippen molar-refractivity contribution in [2.75, 3.05) is 6.54 Å². The molecule has 1 aliphatic heterocycles. The van der Waals surface area contributed by atoms with Gasteiger partial charge in [0.05, 0.1) is 17.1 Å². The molecule has 2 aromatic heterocycles. The van der Waals surface area contributed by atoms with E-state index in [1.54, 1.807) is 0 Å². The lowest BCUT2D eigenvalue weighted by Crippen LogP contribution is -2.28. The summed E-state index contributed by atoms with van der Waals surface area (Å²) in [4.78, 5) is 22.0. The standard InChI is InChI=1S/C17H18N4O2/c1-11-9-14(20-23-11)16-7-4-8-21(16)10-15-17(22)19-13-6-3-2-5-12(13)18-15/h2-3,5-6,9,16H,4,7-8,10H2,1H3,(H,19,22). The fourth-order valence-corrected chi connectivity index (χ4v) is 3.26. The molecule has 6 heteroatoms. The highest BCUT2D eigenvalue weighted by atomic mass is 16.5. The minimum atomic E-state index is -0.120. The molecule has 4 rings (SSSR count). The number of H-pyrrole nitrogens is 1. The third-order valence-electron chi connectivity index (χ3n) is 4.37. The molecule has 23 heavy (non-hydrogen) atoms. The predicted octanol–water partition coefficient (Wildman–Crippen LogP) is 2.56. The molecule has 0 saturated carbocycles. The number of likely N-dealkylation sites (tertiary alicyclic amines) is 1. The van der Waals surface area contributed by atoms with Crippen LogP contribution >= 0.6 is 0 Å². The van der Waals surface area contributed by atoms with E-state index in [2.05, 4.69) is 20.0 Å². The number of aryl methyl sites for hydroxylation is 1. The van der Waals surface area contributed by atoms with E-state index >= 15 is 0 Å². The van der Waals surface area contributed by atoms with Crippen molar-refractivity contribution >= 4 is 11.0 Å². The van der Waals surface area contributed by atoms with E-state index in [-0.39, 0.29) is 11.6 Å². The van der Waals surface area contributed by atoms with Gasteiger partial charge in [-0.05, 0) is 38.4 Å². The van der Waals surface area contributed by atoms with Crippen LogP contribution in [-0.4, -0.2) is 26.6 Å². The first kappa shape index (κ1) is 14.1. The predicted molar refractivity (Wildman–Crippen MR) is 86.0 cm³/mol. The maximum atomic E-state index is 12.3. The Kier molecular flexibility index (Phi) is 3.46. The van der Waals surface area contributed by atoms with Crippen molar-refractivity contribution in [2.45, 2.75) is 32.4 Å². The maximum absolute atomic E-state index is 12.3. The summed E-state index contributed by atoms with van der Waals surface area (Å²) in [6.07, 6.45) is 2.11. The lowest BCUT2D eigenvalue weighted by Gasteiger charge is -2.21. The molecule has 1 saturated heterocycles. The summed E-state index contributed by atoms with van der Waals surface area (Å²) in [5.41, 5.74) is 2.96. The van der Waals surface area contributed by atoms with Crippen molar-refractivity contribution in [3.63, 3.8) is 0 Å². The van der Waals surface area contributed by atoms with Crippen LogP contribution in [0.2, 0.25) is 0 Å². The molecule has 0 radical (unpaired) electrons. The monoisotopic (exact) mass is 310 g/mol. The summed E-state index contributed by atoms with van der Waals surface area (Å²) in [5, 5.41) is 4.14. The lowest BCUT2D eigenvalue weighted by atomic mass is 10.1. The van der Waals surface area contributed by atoms with Gasteiger partial charge in [0.25, 0.3) is 5.56 Å². The topological polar surface area (TPSA) is 75.0 Å². The van der Waals surface area contributed by atoms with Crippen molar-refractivity contribution in [3.8, 4) is 0 Å². The van der Waals surface area contributed by atoms with Crippen LogP contribution < -0.4 is 5.56 Å². The van der Waals surface area contributed by atoms with Crippen LogP contribution in [0.25, 0.3) is 11.0 Å². The maximum Gasteiger partial charge on any atom is 0.271 e. The van der Waals surface area contributed by atoms with Crippen molar-refractivity contribution in [3.05, 3.63) is 57.8 Å². The molecule has 0 amide bonds. The van der Waals surface area contributed by atoms with E-state index in [0.29, 0.717) is 12.2 Å². The number of rotatable bonds is 3. The molecule has 0 spiro atoms. The second-order valence-corrected chi connectivity index (χ2v) is 6.02. The van der Waals surface area contributed by atoms with Crippen LogP contribution in [0.5, 0.6) is 0 Å². The molecule has 1 aliphatic rings. The molecule has 118 valence electrons. The van der Waals surface area contributed by atoms with Gasteiger partial charge >= 0.3 is 0 Å². The molecule has 0 bridgehead atoms. The largest absolute Gasteiger partial charge is 0.361 e. The second-order valence-electron chi connectivity index (χ2n) is 6.02. The molecule has 1 unspecified atom stereocenters. The number of nitrogens with one attached hydrogen (secondary N) is 1. The molecular weight excluding hydrogens is 292 g/mol. The summed E-state index contributed by atoms with van der Waals surface area (Å²) in [5.74, 6) is 0.813. The van der Waals surface area contributed by atoms with Crippen LogP contribution in [-0.2, 0) is 6.54 Å². The van der Waals surface area contributed by atoms with Gasteiger partial charge < -0.3 is 9.51 Å². The molecule has 1 atom stereocenters. The quantitative estimate of drug-likeness (QED) is 0.804. The third kappa shape index (κ3) is 2.66. The SMILES string of the molecule is Cc1cc(C2CCCN2Cc2nc3ccccc3[nH]c2=O)no1. The number of aromatic nitrogens is 3. The van der Waals surface area contributed by atoms with Crippen molar-refractivity contribution < 1.29 is 4.52 Å². The van der Waals surface area contributed by atoms with E-state index in [0.717, 1.165) is 41.9 Å². The number of hydrogen-bond donors (Lipinski definition) is 1. The Morgan fingerprint density at radius 1 is 1.39 bits per heavy atom. The Morgan fingerprint density at radius 2 is 2.26 bits per heavy atom. The minimum absolute atomic E-state index is 0.120. The summed E-state index contributed by atoms with van der Waals surface area (Å²) in [6.45, 7) is 3.35. The highest BCUT2D eigenvalue weighted by Gasteiger charge is 2.29. The van der Waals surface area contributed by atoms with E-state index in [9.17, 15) is 4.79 Å². The van der Waals surface area contributed by atoms with Crippen LogP contribution in [0.3, 0.4) is 0 Å². The second kappa shape index (κ2) is 5.62. The van der Waals surface area contributed by atoms with Gasteiger partial charge in [0.15, 0.2) is 0 Å². The first-order chi connectivity index (χ1) is 11.2. The van der Waals surface area contributed by atoms with E-state index < -0.39 is 0 Å². The first-order valence-corrected chi connectivity index (χ1v) is 7.86. The number of benzene rings is 1. The van der Waals surface area contributed by atoms with Gasteiger partial charge in [-0.2, -0.15) is 0 Å². The van der Waals surface area contributed by atoms with E-state index in [4.69, 9.17) is 4.52 Å². The summed E-state index contributed by atoms with van der Waals surface area (Å²) >= 11 is 0. The summed E-state index contributed by atoms with van der Waals surface area (Å²) < 4.78 is 5.20. The number of aromatic amines is 1. The number of nitrogens with zero attached hydrogens (tertiary/aromatic N) is 3. The van der Waals surface area contributed by atoms with Crippen molar-refractivity contribution in [1.29, 1.82) is 0 Å². The Bertz CT molecular complexity index is 899. The zero-order valence-corrected chi connectivity index (χ0v) is 13.0. The normalized spacial score (nSPS) is 18.7. The number of fused-ring (bicyclic) bond motifs is 1. The van der Waals surface area contributed by atoms with Crippen molar-refractivity contribution in [2.24, 2.45) is 0 Å². The van der Waals surface area contributed by atoms with Crippen LogP contribution in [0.1, 0.15) is 36.0 Å². The summed E-state index contributed by atoms with van der Waals surface area (Å²) in [6, 6.07) is 9.76. The molecule has 1 fully saturated rings. The number of hydrogen-bond acceptors (Lipinski definition) is 5. The van der Waals surface area contributed by atoms with Crippen LogP contribution in [0, 0.1) is 6.92 Å². The average molecular weight is 310 g/mol. The minimum Gasteiger partial charge on any atom is -0.361 e. The Labute approximate surface area is 133 Å². The fourth-order valence-electron chi connectivity index (χ4n) is 3.26. The Balaban J connectivity index is 1.64. The molecule has 3 heterocycles. The highest BCUT2D eigenvalue weighted by Crippen LogP contribution is 2.32. The van der Waals surface area contributed by atoms with Gasteiger partial charge in [-0.25, -0.2) is 4.98 Å². The number of para-hydroxylation sites is 2. The average Bonchev–Trinajstić information content (AvgIpc) is 3.16. The lowest BCUT2D eigenvalue weighted by molar-refractivity contribution is 0.233. The molecule has 0 aliphatic carbocycles. The first-order valence-electron chi connectivity index (χ1n) is 7.86. The fraction of sp³-hybridized carbons (Fsp3) is 0.353. The zero-order valence-electron chi connectivity index (χ0n) is 13.0. The molecule has 1 aromatic carbocycles.